The molecule has 0 bridgehead atoms. The molecule has 2 aliphatic rings. The van der Waals surface area contributed by atoms with E-state index < -0.39 is 0 Å². The second-order valence-corrected chi connectivity index (χ2v) is 7.90. The van der Waals surface area contributed by atoms with E-state index in [4.69, 9.17) is 4.52 Å². The van der Waals surface area contributed by atoms with Crippen molar-refractivity contribution in [1.29, 1.82) is 0 Å². The molecule has 0 aliphatic heterocycles. The summed E-state index contributed by atoms with van der Waals surface area (Å²) in [7, 11) is 1.92. The van der Waals surface area contributed by atoms with Crippen molar-refractivity contribution >= 4 is 5.91 Å². The number of carbonyl (C=O) groups is 1. The molecule has 1 amide bonds. The summed E-state index contributed by atoms with van der Waals surface area (Å²) in [6.07, 6.45) is 5.83. The maximum absolute atomic E-state index is 13.6. The molecule has 4 heteroatoms. The molecule has 1 atom stereocenters. The molecular weight excluding hydrogens is 312 g/mol. The number of aromatic nitrogens is 1. The summed E-state index contributed by atoms with van der Waals surface area (Å²) in [6, 6.07) is 10.4. The molecule has 4 nitrogen and oxygen atoms in total. The number of carbonyl (C=O) groups excluding carboxylic acids is 1. The number of benzene rings is 1. The number of aryl methyl sites for hydroxylation is 2. The molecule has 2 aliphatic carbocycles. The smallest absolute Gasteiger partial charge is 0.233 e. The van der Waals surface area contributed by atoms with Crippen LogP contribution in [0.3, 0.4) is 0 Å². The van der Waals surface area contributed by atoms with Gasteiger partial charge in [-0.15, -0.1) is 0 Å². The summed E-state index contributed by atoms with van der Waals surface area (Å²) in [5, 5.41) is 4.02. The number of rotatable bonds is 4. The Balaban J connectivity index is 1.66. The second-order valence-electron chi connectivity index (χ2n) is 7.90. The molecule has 0 radical (unpaired) electrons. The first-order valence-electron chi connectivity index (χ1n) is 9.23. The van der Waals surface area contributed by atoms with Gasteiger partial charge < -0.3 is 9.42 Å². The topological polar surface area (TPSA) is 46.3 Å². The first kappa shape index (κ1) is 16.4. The Morgan fingerprint density at radius 1 is 1.20 bits per heavy atom. The SMILES string of the molecule is Cc1noc(C)c1CN(C)C(=O)[C@@]1(c2ccccc2)CC12CCCC2. The summed E-state index contributed by atoms with van der Waals surface area (Å²) in [5.74, 6) is 1.05. The maximum atomic E-state index is 13.6. The molecular formula is C21H26N2O2. The zero-order valence-corrected chi connectivity index (χ0v) is 15.3. The van der Waals surface area contributed by atoms with Crippen molar-refractivity contribution < 1.29 is 9.32 Å². The van der Waals surface area contributed by atoms with E-state index in [0.29, 0.717) is 6.54 Å². The fourth-order valence-corrected chi connectivity index (χ4v) is 5.04. The fraction of sp³-hybridized carbons (Fsp3) is 0.524. The second kappa shape index (κ2) is 5.72. The Hall–Kier alpha value is -2.10. The summed E-state index contributed by atoms with van der Waals surface area (Å²) in [4.78, 5) is 15.5. The number of likely N-dealkylation sites (N-methyl/N-ethyl adjacent to an activating group) is 1. The Bertz CT molecular complexity index is 770. The molecule has 25 heavy (non-hydrogen) atoms. The van der Waals surface area contributed by atoms with Crippen molar-refractivity contribution in [2.75, 3.05) is 7.05 Å². The van der Waals surface area contributed by atoms with Crippen LogP contribution in [0.15, 0.2) is 34.9 Å². The van der Waals surface area contributed by atoms with Crippen LogP contribution in [0.2, 0.25) is 0 Å². The van der Waals surface area contributed by atoms with Gasteiger partial charge in [-0.3, -0.25) is 4.79 Å². The van der Waals surface area contributed by atoms with Gasteiger partial charge in [-0.05, 0) is 44.1 Å². The molecule has 0 saturated heterocycles. The van der Waals surface area contributed by atoms with Gasteiger partial charge in [0, 0.05) is 12.6 Å². The van der Waals surface area contributed by atoms with E-state index in [1.54, 1.807) is 0 Å². The van der Waals surface area contributed by atoms with Crippen LogP contribution < -0.4 is 0 Å². The van der Waals surface area contributed by atoms with E-state index in [-0.39, 0.29) is 16.7 Å². The van der Waals surface area contributed by atoms with Crippen molar-refractivity contribution in [1.82, 2.24) is 10.1 Å². The Morgan fingerprint density at radius 2 is 1.88 bits per heavy atom. The van der Waals surface area contributed by atoms with E-state index in [2.05, 4.69) is 29.4 Å². The third kappa shape index (κ3) is 2.34. The van der Waals surface area contributed by atoms with Gasteiger partial charge in [-0.1, -0.05) is 48.3 Å². The number of hydrogen-bond donors (Lipinski definition) is 0. The van der Waals surface area contributed by atoms with Gasteiger partial charge in [0.05, 0.1) is 17.7 Å². The number of nitrogens with zero attached hydrogens (tertiary/aromatic N) is 2. The van der Waals surface area contributed by atoms with Crippen LogP contribution >= 0.6 is 0 Å². The van der Waals surface area contributed by atoms with Crippen LogP contribution in [0.5, 0.6) is 0 Å². The Morgan fingerprint density at radius 3 is 2.48 bits per heavy atom. The van der Waals surface area contributed by atoms with E-state index in [0.717, 1.165) is 23.4 Å². The first-order chi connectivity index (χ1) is 12.0. The lowest BCUT2D eigenvalue weighted by Crippen LogP contribution is -2.39. The van der Waals surface area contributed by atoms with E-state index in [9.17, 15) is 4.79 Å². The minimum atomic E-state index is -0.335. The lowest BCUT2D eigenvalue weighted by Gasteiger charge is -2.28. The zero-order valence-electron chi connectivity index (χ0n) is 15.3. The Labute approximate surface area is 149 Å². The van der Waals surface area contributed by atoms with Gasteiger partial charge in [0.2, 0.25) is 5.91 Å². The molecule has 1 aromatic heterocycles. The molecule has 2 fully saturated rings. The maximum Gasteiger partial charge on any atom is 0.233 e. The predicted molar refractivity (Wildman–Crippen MR) is 96.1 cm³/mol. The summed E-state index contributed by atoms with van der Waals surface area (Å²) < 4.78 is 5.27. The molecule has 0 N–H and O–H groups in total. The van der Waals surface area contributed by atoms with Crippen LogP contribution in [-0.2, 0) is 16.8 Å². The number of amides is 1. The van der Waals surface area contributed by atoms with Crippen molar-refractivity contribution in [3.05, 3.63) is 52.9 Å². The molecule has 1 heterocycles. The van der Waals surface area contributed by atoms with Crippen LogP contribution in [0, 0.1) is 19.3 Å². The lowest BCUT2D eigenvalue weighted by molar-refractivity contribution is -0.134. The summed E-state index contributed by atoms with van der Waals surface area (Å²) >= 11 is 0. The highest BCUT2D eigenvalue weighted by atomic mass is 16.5. The third-order valence-electron chi connectivity index (χ3n) is 6.50. The molecule has 0 unspecified atom stereocenters. The molecule has 2 aromatic rings. The minimum absolute atomic E-state index is 0.179. The molecule has 1 spiro atoms. The minimum Gasteiger partial charge on any atom is -0.361 e. The quantitative estimate of drug-likeness (QED) is 0.841. The summed E-state index contributed by atoms with van der Waals surface area (Å²) in [6.45, 7) is 4.41. The highest BCUT2D eigenvalue weighted by molar-refractivity contribution is 5.93. The monoisotopic (exact) mass is 338 g/mol. The van der Waals surface area contributed by atoms with Gasteiger partial charge in [0.15, 0.2) is 0 Å². The van der Waals surface area contributed by atoms with Crippen molar-refractivity contribution in [3.8, 4) is 0 Å². The van der Waals surface area contributed by atoms with Gasteiger partial charge in [0.25, 0.3) is 0 Å². The van der Waals surface area contributed by atoms with E-state index in [1.807, 2.05) is 31.9 Å². The highest BCUT2D eigenvalue weighted by Gasteiger charge is 2.72. The molecule has 132 valence electrons. The van der Waals surface area contributed by atoms with Gasteiger partial charge in [0.1, 0.15) is 5.76 Å². The molecule has 1 aromatic carbocycles. The Kier molecular flexibility index (Phi) is 3.75. The average molecular weight is 338 g/mol. The van der Waals surface area contributed by atoms with E-state index in [1.165, 1.54) is 31.2 Å². The summed E-state index contributed by atoms with van der Waals surface area (Å²) in [5.41, 5.74) is 2.93. The third-order valence-corrected chi connectivity index (χ3v) is 6.50. The van der Waals surface area contributed by atoms with Crippen molar-refractivity contribution in [2.45, 2.75) is 57.9 Å². The molecule has 2 saturated carbocycles. The van der Waals surface area contributed by atoms with Crippen LogP contribution in [0.4, 0.5) is 0 Å². The van der Waals surface area contributed by atoms with Crippen molar-refractivity contribution in [2.24, 2.45) is 5.41 Å². The van der Waals surface area contributed by atoms with Gasteiger partial charge in [-0.25, -0.2) is 0 Å². The lowest BCUT2D eigenvalue weighted by atomic mass is 9.83. The van der Waals surface area contributed by atoms with Crippen LogP contribution in [0.25, 0.3) is 0 Å². The number of hydrogen-bond acceptors (Lipinski definition) is 3. The van der Waals surface area contributed by atoms with E-state index >= 15 is 0 Å². The first-order valence-corrected chi connectivity index (χ1v) is 9.23. The zero-order chi connectivity index (χ0) is 17.7. The largest absolute Gasteiger partial charge is 0.361 e. The van der Waals surface area contributed by atoms with Crippen molar-refractivity contribution in [3.63, 3.8) is 0 Å². The van der Waals surface area contributed by atoms with Crippen LogP contribution in [0.1, 0.15) is 54.7 Å². The van der Waals surface area contributed by atoms with Crippen LogP contribution in [-0.4, -0.2) is 23.0 Å². The predicted octanol–water partition coefficient (Wildman–Crippen LogP) is 4.15. The average Bonchev–Trinajstić information content (AvgIpc) is 2.85. The standard InChI is InChI=1S/C21H26N2O2/c1-15-18(16(2)25-22-15)13-23(3)19(24)21(17-9-5-4-6-10-17)14-20(21)11-7-8-12-20/h4-6,9-10H,7-8,11-14H2,1-3H3/t21-/m0/s1. The molecule has 4 rings (SSSR count). The van der Waals surface area contributed by atoms with Gasteiger partial charge >= 0.3 is 0 Å². The normalized spacial score (nSPS) is 23.8. The van der Waals surface area contributed by atoms with Gasteiger partial charge in [-0.2, -0.15) is 0 Å². The highest BCUT2D eigenvalue weighted by Crippen LogP contribution is 2.72. The fourth-order valence-electron chi connectivity index (χ4n) is 5.04.